The molecule has 0 bridgehead atoms. The maximum Gasteiger partial charge on any atom is 0.422 e. The van der Waals surface area contributed by atoms with Crippen LogP contribution in [-0.2, 0) is 18.9 Å². The molecule has 0 aromatic rings. The van der Waals surface area contributed by atoms with E-state index in [0.717, 1.165) is 19.3 Å². The van der Waals surface area contributed by atoms with Crippen LogP contribution < -0.4 is 0 Å². The Hall–Kier alpha value is -1.03. The Bertz CT molecular complexity index is 516. The number of halogens is 5. The van der Waals surface area contributed by atoms with Crippen LogP contribution in [0, 0.1) is 0 Å². The molecule has 1 heterocycles. The third-order valence-corrected chi connectivity index (χ3v) is 4.22. The van der Waals surface area contributed by atoms with E-state index in [0.29, 0.717) is 25.4 Å². The summed E-state index contributed by atoms with van der Waals surface area (Å²) in [6, 6.07) is 0. The summed E-state index contributed by atoms with van der Waals surface area (Å²) in [5, 5.41) is 0. The van der Waals surface area contributed by atoms with Crippen molar-refractivity contribution in [2.45, 2.75) is 63.1 Å². The predicted molar refractivity (Wildman–Crippen MR) is 87.5 cm³/mol. The minimum atomic E-state index is -4.89. The predicted octanol–water partition coefficient (Wildman–Crippen LogP) is 4.40. The quantitative estimate of drug-likeness (QED) is 0.402. The van der Waals surface area contributed by atoms with Crippen molar-refractivity contribution in [3.8, 4) is 0 Å². The lowest BCUT2D eigenvalue weighted by molar-refractivity contribution is -0.358. The fraction of sp³-hybridized carbons (Fsp3) is 0.778. The first kappa shape index (κ1) is 22.3. The Labute approximate surface area is 155 Å². The zero-order valence-electron chi connectivity index (χ0n) is 15.1. The molecular weight excluding hydrogens is 375 g/mol. The standard InChI is InChI=1S/C18H25F5O4/c1-2-3-4-9-24-15-10-25-16(26-11-15)13-5-7-14(8-6-13)27-18(22,23)17(20,21)12-19/h5-7,14-16H,2-4,8-12H2,1H3. The maximum atomic E-state index is 13.3. The van der Waals surface area contributed by atoms with E-state index in [1.54, 1.807) is 0 Å². The number of hydrogen-bond donors (Lipinski definition) is 0. The molecule has 1 aliphatic carbocycles. The molecule has 0 radical (unpaired) electrons. The zero-order chi connectivity index (χ0) is 19.9. The average Bonchev–Trinajstić information content (AvgIpc) is 2.66. The monoisotopic (exact) mass is 400 g/mol. The molecule has 0 aromatic carbocycles. The van der Waals surface area contributed by atoms with Gasteiger partial charge in [-0.2, -0.15) is 17.6 Å². The van der Waals surface area contributed by atoms with Gasteiger partial charge in [-0.1, -0.05) is 38.0 Å². The molecule has 1 atom stereocenters. The van der Waals surface area contributed by atoms with Crippen LogP contribution in [0.1, 0.15) is 32.6 Å². The summed E-state index contributed by atoms with van der Waals surface area (Å²) in [5.41, 5.74) is 0.583. The van der Waals surface area contributed by atoms with Crippen LogP contribution in [-0.4, -0.2) is 57.0 Å². The van der Waals surface area contributed by atoms with E-state index in [2.05, 4.69) is 11.7 Å². The molecule has 9 heteroatoms. The molecule has 2 rings (SSSR count). The highest BCUT2D eigenvalue weighted by molar-refractivity contribution is 5.27. The molecule has 1 saturated heterocycles. The lowest BCUT2D eigenvalue weighted by Crippen LogP contribution is -2.46. The summed E-state index contributed by atoms with van der Waals surface area (Å²) < 4.78 is 85.3. The molecule has 0 amide bonds. The van der Waals surface area contributed by atoms with Gasteiger partial charge in [-0.05, 0) is 12.8 Å². The first-order valence-corrected chi connectivity index (χ1v) is 9.01. The van der Waals surface area contributed by atoms with Gasteiger partial charge in [0.1, 0.15) is 6.10 Å². The second-order valence-electron chi connectivity index (χ2n) is 6.51. The second kappa shape index (κ2) is 9.95. The first-order chi connectivity index (χ1) is 12.8. The van der Waals surface area contributed by atoms with Gasteiger partial charge in [-0.15, -0.1) is 0 Å². The van der Waals surface area contributed by atoms with Crippen molar-refractivity contribution in [2.75, 3.05) is 26.5 Å². The van der Waals surface area contributed by atoms with Gasteiger partial charge in [0, 0.05) is 12.2 Å². The van der Waals surface area contributed by atoms with Crippen molar-refractivity contribution in [2.24, 2.45) is 0 Å². The summed E-state index contributed by atoms with van der Waals surface area (Å²) in [7, 11) is 0. The minimum Gasteiger partial charge on any atom is -0.373 e. The van der Waals surface area contributed by atoms with Crippen molar-refractivity contribution in [3.05, 3.63) is 23.8 Å². The third-order valence-electron chi connectivity index (χ3n) is 4.22. The molecule has 0 aromatic heterocycles. The molecular formula is C18H25F5O4. The van der Waals surface area contributed by atoms with E-state index in [1.165, 1.54) is 18.2 Å². The van der Waals surface area contributed by atoms with Crippen molar-refractivity contribution >= 4 is 0 Å². The SMILES string of the molecule is CCCCCOC1COC(C2=CCC(OC(F)(F)C(F)(F)CF)C=C2)OC1. The van der Waals surface area contributed by atoms with E-state index in [4.69, 9.17) is 14.2 Å². The molecule has 156 valence electrons. The lowest BCUT2D eigenvalue weighted by Gasteiger charge is -2.32. The molecule has 4 nitrogen and oxygen atoms in total. The van der Waals surface area contributed by atoms with Crippen molar-refractivity contribution in [1.29, 1.82) is 0 Å². The van der Waals surface area contributed by atoms with Crippen LogP contribution in [0.25, 0.3) is 0 Å². The Morgan fingerprint density at radius 2 is 1.85 bits per heavy atom. The highest BCUT2D eigenvalue weighted by Crippen LogP contribution is 2.38. The van der Waals surface area contributed by atoms with Gasteiger partial charge >= 0.3 is 12.0 Å². The smallest absolute Gasteiger partial charge is 0.373 e. The van der Waals surface area contributed by atoms with E-state index in [9.17, 15) is 22.0 Å². The lowest BCUT2D eigenvalue weighted by atomic mass is 10.0. The van der Waals surface area contributed by atoms with Crippen LogP contribution >= 0.6 is 0 Å². The summed E-state index contributed by atoms with van der Waals surface area (Å²) in [6.07, 6.45) is 0.211. The van der Waals surface area contributed by atoms with E-state index >= 15 is 0 Å². The molecule has 0 saturated carbocycles. The first-order valence-electron chi connectivity index (χ1n) is 9.01. The Morgan fingerprint density at radius 3 is 2.41 bits per heavy atom. The van der Waals surface area contributed by atoms with Gasteiger partial charge < -0.3 is 18.9 Å². The van der Waals surface area contributed by atoms with Gasteiger partial charge in [0.2, 0.25) is 0 Å². The van der Waals surface area contributed by atoms with E-state index in [1.807, 2.05) is 0 Å². The summed E-state index contributed by atoms with van der Waals surface area (Å²) in [5.74, 6) is -4.87. The second-order valence-corrected chi connectivity index (χ2v) is 6.51. The Morgan fingerprint density at radius 1 is 1.15 bits per heavy atom. The molecule has 1 fully saturated rings. The number of ether oxygens (including phenoxy) is 4. The highest BCUT2D eigenvalue weighted by Gasteiger charge is 2.59. The fourth-order valence-corrected chi connectivity index (χ4v) is 2.61. The van der Waals surface area contributed by atoms with Gasteiger partial charge in [-0.3, -0.25) is 0 Å². The third kappa shape index (κ3) is 6.23. The van der Waals surface area contributed by atoms with Gasteiger partial charge in [-0.25, -0.2) is 4.39 Å². The van der Waals surface area contributed by atoms with Crippen molar-refractivity contribution in [1.82, 2.24) is 0 Å². The van der Waals surface area contributed by atoms with Crippen LogP contribution in [0.3, 0.4) is 0 Å². The van der Waals surface area contributed by atoms with Crippen molar-refractivity contribution in [3.63, 3.8) is 0 Å². The van der Waals surface area contributed by atoms with Crippen LogP contribution in [0.5, 0.6) is 0 Å². The fourth-order valence-electron chi connectivity index (χ4n) is 2.61. The molecule has 0 N–H and O–H groups in total. The Balaban J connectivity index is 1.76. The Kier molecular flexibility index (Phi) is 8.20. The van der Waals surface area contributed by atoms with E-state index in [-0.39, 0.29) is 12.5 Å². The number of hydrogen-bond acceptors (Lipinski definition) is 4. The topological polar surface area (TPSA) is 36.9 Å². The number of rotatable bonds is 10. The molecule has 2 aliphatic rings. The molecule has 1 unspecified atom stereocenters. The summed E-state index contributed by atoms with van der Waals surface area (Å²) >= 11 is 0. The van der Waals surface area contributed by atoms with E-state index < -0.39 is 31.1 Å². The summed E-state index contributed by atoms with van der Waals surface area (Å²) in [4.78, 5) is 0. The van der Waals surface area contributed by atoms with Crippen LogP contribution in [0.2, 0.25) is 0 Å². The van der Waals surface area contributed by atoms with Crippen LogP contribution in [0.4, 0.5) is 22.0 Å². The minimum absolute atomic E-state index is 0.0794. The van der Waals surface area contributed by atoms with Gasteiger partial charge in [0.05, 0.1) is 19.3 Å². The molecule has 27 heavy (non-hydrogen) atoms. The van der Waals surface area contributed by atoms with Crippen molar-refractivity contribution < 1.29 is 40.9 Å². The largest absolute Gasteiger partial charge is 0.422 e. The normalized spacial score (nSPS) is 26.9. The van der Waals surface area contributed by atoms with Gasteiger partial charge in [0.25, 0.3) is 0 Å². The van der Waals surface area contributed by atoms with Gasteiger partial charge in [0.15, 0.2) is 13.0 Å². The maximum absolute atomic E-state index is 13.3. The zero-order valence-corrected chi connectivity index (χ0v) is 15.1. The summed E-state index contributed by atoms with van der Waals surface area (Å²) in [6.45, 7) is 0.912. The molecule has 1 aliphatic heterocycles. The molecule has 0 spiro atoms. The number of alkyl halides is 5. The van der Waals surface area contributed by atoms with Crippen LogP contribution in [0.15, 0.2) is 23.8 Å². The highest BCUT2D eigenvalue weighted by atomic mass is 19.3. The number of unbranched alkanes of at least 4 members (excludes halogenated alkanes) is 2. The average molecular weight is 400 g/mol.